The molecule has 0 bridgehead atoms. The topological polar surface area (TPSA) is 17.1 Å². The number of hydrogen-bond acceptors (Lipinski definition) is 1. The summed E-state index contributed by atoms with van der Waals surface area (Å²) in [5.41, 5.74) is 1.82. The maximum atomic E-state index is 11.7. The molecule has 0 aromatic rings. The summed E-state index contributed by atoms with van der Waals surface area (Å²) in [6.45, 7) is 6.99. The van der Waals surface area contributed by atoms with E-state index in [1.807, 2.05) is 6.08 Å². The largest absolute Gasteiger partial charge is 0.295 e. The van der Waals surface area contributed by atoms with Gasteiger partial charge in [0.15, 0.2) is 5.78 Å². The Hall–Kier alpha value is -0.590. The number of allylic oxidation sites excluding steroid dienone is 2. The van der Waals surface area contributed by atoms with E-state index in [9.17, 15) is 4.79 Å². The second-order valence-corrected chi connectivity index (χ2v) is 6.70. The fourth-order valence-electron chi connectivity index (χ4n) is 4.15. The Morgan fingerprint density at radius 2 is 1.89 bits per heavy atom. The van der Waals surface area contributed by atoms with Gasteiger partial charge in [0.05, 0.1) is 0 Å². The molecule has 0 aromatic carbocycles. The molecule has 18 heavy (non-hydrogen) atoms. The highest BCUT2D eigenvalue weighted by molar-refractivity contribution is 5.91. The molecule has 1 fully saturated rings. The molecule has 2 aliphatic carbocycles. The average Bonchev–Trinajstić information content (AvgIpc) is 2.32. The van der Waals surface area contributed by atoms with Crippen molar-refractivity contribution >= 4 is 5.78 Å². The summed E-state index contributed by atoms with van der Waals surface area (Å²) in [7, 11) is 0. The van der Waals surface area contributed by atoms with Crippen molar-refractivity contribution in [1.29, 1.82) is 0 Å². The fraction of sp³-hybridized carbons (Fsp3) is 0.824. The third kappa shape index (κ3) is 2.70. The number of hydrogen-bond donors (Lipinski definition) is 0. The van der Waals surface area contributed by atoms with Gasteiger partial charge in [-0.2, -0.15) is 0 Å². The molecule has 1 unspecified atom stereocenters. The molecule has 0 aromatic heterocycles. The molecule has 1 saturated carbocycles. The summed E-state index contributed by atoms with van der Waals surface area (Å²) in [5, 5.41) is 0. The van der Waals surface area contributed by atoms with Gasteiger partial charge in [0, 0.05) is 6.42 Å². The third-order valence-corrected chi connectivity index (χ3v) is 5.21. The van der Waals surface area contributed by atoms with Crippen molar-refractivity contribution in [3.05, 3.63) is 11.6 Å². The number of carbonyl (C=O) groups is 1. The molecule has 0 saturated heterocycles. The first-order chi connectivity index (χ1) is 8.59. The standard InChI is InChI=1S/C17H28O/c1-4-6-13-10-15-11-16(18)8-9-17(15,3)12-14(13)7-5-2/h11,13-14H,4-10,12H2,1-3H3/t13-,14?,17+/m0/s1. The Morgan fingerprint density at radius 3 is 2.56 bits per heavy atom. The van der Waals surface area contributed by atoms with Gasteiger partial charge in [-0.25, -0.2) is 0 Å². The van der Waals surface area contributed by atoms with Gasteiger partial charge in [-0.1, -0.05) is 52.0 Å². The molecular formula is C17H28O. The molecule has 1 heteroatoms. The minimum absolute atomic E-state index is 0.345. The highest BCUT2D eigenvalue weighted by Gasteiger charge is 2.42. The van der Waals surface area contributed by atoms with Gasteiger partial charge in [0.1, 0.15) is 0 Å². The first-order valence-electron chi connectivity index (χ1n) is 7.83. The Labute approximate surface area is 112 Å². The predicted octanol–water partition coefficient (Wildman–Crippen LogP) is 4.91. The van der Waals surface area contributed by atoms with Crippen LogP contribution in [0.1, 0.15) is 72.1 Å². The zero-order valence-corrected chi connectivity index (χ0v) is 12.3. The van der Waals surface area contributed by atoms with Gasteiger partial charge >= 0.3 is 0 Å². The summed E-state index contributed by atoms with van der Waals surface area (Å²) < 4.78 is 0. The molecule has 0 spiro atoms. The second-order valence-electron chi connectivity index (χ2n) is 6.70. The minimum atomic E-state index is 0.345. The molecular weight excluding hydrogens is 220 g/mol. The Morgan fingerprint density at radius 1 is 1.22 bits per heavy atom. The summed E-state index contributed by atoms with van der Waals surface area (Å²) in [6, 6.07) is 0. The lowest BCUT2D eigenvalue weighted by molar-refractivity contribution is -0.116. The lowest BCUT2D eigenvalue weighted by atomic mass is 9.58. The van der Waals surface area contributed by atoms with Crippen LogP contribution in [0.5, 0.6) is 0 Å². The first-order valence-corrected chi connectivity index (χ1v) is 7.83. The summed E-state index contributed by atoms with van der Waals surface area (Å²) in [5.74, 6) is 2.09. The van der Waals surface area contributed by atoms with E-state index in [0.29, 0.717) is 11.2 Å². The zero-order valence-electron chi connectivity index (χ0n) is 12.3. The van der Waals surface area contributed by atoms with E-state index < -0.39 is 0 Å². The van der Waals surface area contributed by atoms with Gasteiger partial charge in [0.25, 0.3) is 0 Å². The lowest BCUT2D eigenvalue weighted by Crippen LogP contribution is -2.36. The van der Waals surface area contributed by atoms with Gasteiger partial charge < -0.3 is 0 Å². The molecule has 2 aliphatic rings. The van der Waals surface area contributed by atoms with Crippen LogP contribution in [0.25, 0.3) is 0 Å². The zero-order chi connectivity index (χ0) is 13.2. The van der Waals surface area contributed by atoms with Gasteiger partial charge in [-0.3, -0.25) is 4.79 Å². The molecule has 0 amide bonds. The van der Waals surface area contributed by atoms with Crippen LogP contribution in [-0.2, 0) is 4.79 Å². The molecule has 2 rings (SSSR count). The molecule has 3 atom stereocenters. The summed E-state index contributed by atoms with van der Waals surface area (Å²) >= 11 is 0. The number of fused-ring (bicyclic) bond motifs is 1. The van der Waals surface area contributed by atoms with Gasteiger partial charge in [0.2, 0.25) is 0 Å². The highest BCUT2D eigenvalue weighted by Crippen LogP contribution is 2.52. The molecule has 1 nitrogen and oxygen atoms in total. The molecule has 102 valence electrons. The Bertz CT molecular complexity index is 342. The van der Waals surface area contributed by atoms with Gasteiger partial charge in [-0.15, -0.1) is 0 Å². The average molecular weight is 248 g/mol. The maximum absolute atomic E-state index is 11.7. The SMILES string of the molecule is CCCC1C[C@@]2(C)CCC(=O)C=C2C[C@@H]1CCC. The van der Waals surface area contributed by atoms with Crippen LogP contribution in [0.3, 0.4) is 0 Å². The van der Waals surface area contributed by atoms with Crippen molar-refractivity contribution in [1.82, 2.24) is 0 Å². The normalized spacial score (nSPS) is 36.2. The predicted molar refractivity (Wildman–Crippen MR) is 76.5 cm³/mol. The maximum Gasteiger partial charge on any atom is 0.155 e. The van der Waals surface area contributed by atoms with Crippen LogP contribution in [0.4, 0.5) is 0 Å². The van der Waals surface area contributed by atoms with E-state index >= 15 is 0 Å². The minimum Gasteiger partial charge on any atom is -0.295 e. The number of rotatable bonds is 4. The summed E-state index contributed by atoms with van der Waals surface area (Å²) in [6.07, 6.45) is 11.7. The molecule has 0 heterocycles. The number of carbonyl (C=O) groups excluding carboxylic acids is 1. The molecule has 0 radical (unpaired) electrons. The quantitative estimate of drug-likeness (QED) is 0.691. The molecule has 0 aliphatic heterocycles. The first kappa shape index (κ1) is 13.8. The van der Waals surface area contributed by atoms with Crippen LogP contribution in [0, 0.1) is 17.3 Å². The van der Waals surface area contributed by atoms with Crippen molar-refractivity contribution in [2.45, 2.75) is 72.1 Å². The van der Waals surface area contributed by atoms with Crippen LogP contribution >= 0.6 is 0 Å². The van der Waals surface area contributed by atoms with Crippen LogP contribution < -0.4 is 0 Å². The van der Waals surface area contributed by atoms with E-state index in [-0.39, 0.29) is 0 Å². The van der Waals surface area contributed by atoms with Crippen molar-refractivity contribution in [2.75, 3.05) is 0 Å². The molecule has 0 N–H and O–H groups in total. The van der Waals surface area contributed by atoms with Crippen molar-refractivity contribution < 1.29 is 4.79 Å². The lowest BCUT2D eigenvalue weighted by Gasteiger charge is -2.46. The van der Waals surface area contributed by atoms with Gasteiger partial charge in [-0.05, 0) is 42.6 Å². The van der Waals surface area contributed by atoms with Crippen molar-refractivity contribution in [3.63, 3.8) is 0 Å². The summed E-state index contributed by atoms with van der Waals surface area (Å²) in [4.78, 5) is 11.7. The smallest absolute Gasteiger partial charge is 0.155 e. The Balaban J connectivity index is 2.18. The van der Waals surface area contributed by atoms with Crippen molar-refractivity contribution in [2.24, 2.45) is 17.3 Å². The van der Waals surface area contributed by atoms with Crippen LogP contribution in [0.2, 0.25) is 0 Å². The number of ketones is 1. The van der Waals surface area contributed by atoms with E-state index in [1.165, 1.54) is 44.1 Å². The van der Waals surface area contributed by atoms with Crippen molar-refractivity contribution in [3.8, 4) is 0 Å². The van der Waals surface area contributed by atoms with Crippen LogP contribution in [0.15, 0.2) is 11.6 Å². The Kier molecular flexibility index (Phi) is 4.29. The van der Waals surface area contributed by atoms with E-state index in [0.717, 1.165) is 24.7 Å². The van der Waals surface area contributed by atoms with Crippen LogP contribution in [-0.4, -0.2) is 5.78 Å². The monoisotopic (exact) mass is 248 g/mol. The van der Waals surface area contributed by atoms with E-state index in [2.05, 4.69) is 20.8 Å². The fourth-order valence-corrected chi connectivity index (χ4v) is 4.15. The van der Waals surface area contributed by atoms with E-state index in [1.54, 1.807) is 0 Å². The highest BCUT2D eigenvalue weighted by atomic mass is 16.1. The second kappa shape index (κ2) is 5.59. The van der Waals surface area contributed by atoms with E-state index in [4.69, 9.17) is 0 Å². The third-order valence-electron chi connectivity index (χ3n) is 5.21.